The fourth-order valence-electron chi connectivity index (χ4n) is 2.36. The molecule has 0 bridgehead atoms. The lowest BCUT2D eigenvalue weighted by molar-refractivity contribution is 0.296. The first-order chi connectivity index (χ1) is 9.88. The van der Waals surface area contributed by atoms with Crippen LogP contribution < -0.4 is 10.5 Å². The number of hydrogen-bond acceptors (Lipinski definition) is 4. The summed E-state index contributed by atoms with van der Waals surface area (Å²) in [6, 6.07) is 4.20. The Morgan fingerprint density at radius 1 is 1.33 bits per heavy atom. The van der Waals surface area contributed by atoms with E-state index in [9.17, 15) is 0 Å². The molecule has 4 nitrogen and oxygen atoms in total. The van der Waals surface area contributed by atoms with E-state index < -0.39 is 0 Å². The van der Waals surface area contributed by atoms with Gasteiger partial charge in [-0.05, 0) is 57.4 Å². The monoisotopic (exact) mass is 352 g/mol. The van der Waals surface area contributed by atoms with E-state index in [4.69, 9.17) is 15.0 Å². The second kappa shape index (κ2) is 6.62. The van der Waals surface area contributed by atoms with Gasteiger partial charge in [0.1, 0.15) is 18.1 Å². The SMILES string of the molecule is Cc1cc(Br)cc(CC(C)N)c1OCc1c(C)noc1C. The molecule has 0 aliphatic rings. The van der Waals surface area contributed by atoms with E-state index in [0.29, 0.717) is 6.61 Å². The molecule has 1 atom stereocenters. The first kappa shape index (κ1) is 16.0. The summed E-state index contributed by atoms with van der Waals surface area (Å²) < 4.78 is 12.3. The third kappa shape index (κ3) is 3.86. The van der Waals surface area contributed by atoms with Gasteiger partial charge in [-0.3, -0.25) is 0 Å². The third-order valence-corrected chi connectivity index (χ3v) is 3.86. The topological polar surface area (TPSA) is 61.3 Å². The maximum Gasteiger partial charge on any atom is 0.140 e. The van der Waals surface area contributed by atoms with E-state index >= 15 is 0 Å². The fraction of sp³-hybridized carbons (Fsp3) is 0.438. The van der Waals surface area contributed by atoms with E-state index in [1.165, 1.54) is 0 Å². The quantitative estimate of drug-likeness (QED) is 0.887. The van der Waals surface area contributed by atoms with Crippen LogP contribution in [-0.2, 0) is 13.0 Å². The molecule has 0 amide bonds. The number of hydrogen-bond donors (Lipinski definition) is 1. The number of benzene rings is 1. The molecule has 0 saturated heterocycles. The molecule has 2 rings (SSSR count). The highest BCUT2D eigenvalue weighted by molar-refractivity contribution is 9.10. The second-order valence-electron chi connectivity index (χ2n) is 5.48. The first-order valence-electron chi connectivity index (χ1n) is 6.97. The average Bonchev–Trinajstić information content (AvgIpc) is 2.68. The van der Waals surface area contributed by atoms with Crippen LogP contribution in [0.3, 0.4) is 0 Å². The van der Waals surface area contributed by atoms with E-state index in [0.717, 1.165) is 44.8 Å². The normalized spacial score (nSPS) is 12.5. The molecule has 0 radical (unpaired) electrons. The van der Waals surface area contributed by atoms with Crippen molar-refractivity contribution in [3.63, 3.8) is 0 Å². The van der Waals surface area contributed by atoms with Crippen LogP contribution >= 0.6 is 15.9 Å². The molecule has 21 heavy (non-hydrogen) atoms. The summed E-state index contributed by atoms with van der Waals surface area (Å²) in [5.74, 6) is 1.70. The molecule has 5 heteroatoms. The number of aromatic nitrogens is 1. The Kier molecular flexibility index (Phi) is 5.06. The molecule has 2 aromatic rings. The summed E-state index contributed by atoms with van der Waals surface area (Å²) in [5, 5.41) is 3.95. The molecule has 0 saturated carbocycles. The zero-order valence-electron chi connectivity index (χ0n) is 12.9. The van der Waals surface area contributed by atoms with E-state index in [-0.39, 0.29) is 6.04 Å². The minimum Gasteiger partial charge on any atom is -0.488 e. The molecule has 1 aromatic heterocycles. The van der Waals surface area contributed by atoms with Gasteiger partial charge in [0.15, 0.2) is 0 Å². The molecule has 0 fully saturated rings. The highest BCUT2D eigenvalue weighted by atomic mass is 79.9. The number of nitrogens with two attached hydrogens (primary N) is 1. The second-order valence-corrected chi connectivity index (χ2v) is 6.40. The Balaban J connectivity index is 2.26. The highest BCUT2D eigenvalue weighted by Crippen LogP contribution is 2.30. The predicted molar refractivity (Wildman–Crippen MR) is 86.5 cm³/mol. The molecule has 0 aliphatic carbocycles. The van der Waals surface area contributed by atoms with Crippen LogP contribution in [0, 0.1) is 20.8 Å². The number of halogens is 1. The lowest BCUT2D eigenvalue weighted by atomic mass is 10.0. The van der Waals surface area contributed by atoms with Crippen molar-refractivity contribution >= 4 is 15.9 Å². The van der Waals surface area contributed by atoms with Gasteiger partial charge in [0, 0.05) is 10.5 Å². The zero-order valence-corrected chi connectivity index (χ0v) is 14.5. The summed E-state index contributed by atoms with van der Waals surface area (Å²) in [6.07, 6.45) is 0.775. The van der Waals surface area contributed by atoms with Crippen molar-refractivity contribution in [2.24, 2.45) is 5.73 Å². The van der Waals surface area contributed by atoms with Gasteiger partial charge in [-0.15, -0.1) is 0 Å². The van der Waals surface area contributed by atoms with Crippen molar-refractivity contribution in [1.29, 1.82) is 0 Å². The molecule has 114 valence electrons. The third-order valence-electron chi connectivity index (χ3n) is 3.40. The predicted octanol–water partition coefficient (Wildman–Crippen LogP) is 3.83. The van der Waals surface area contributed by atoms with Crippen LogP contribution in [0.5, 0.6) is 5.75 Å². The summed E-state index contributed by atoms with van der Waals surface area (Å²) in [6.45, 7) is 8.31. The van der Waals surface area contributed by atoms with E-state index in [1.807, 2.05) is 33.8 Å². The highest BCUT2D eigenvalue weighted by Gasteiger charge is 2.14. The molecular formula is C16H21BrN2O2. The van der Waals surface area contributed by atoms with Crippen molar-refractivity contribution in [3.05, 3.63) is 44.7 Å². The average molecular weight is 353 g/mol. The Hall–Kier alpha value is -1.33. The first-order valence-corrected chi connectivity index (χ1v) is 7.77. The van der Waals surface area contributed by atoms with Crippen molar-refractivity contribution in [3.8, 4) is 5.75 Å². The van der Waals surface area contributed by atoms with Crippen LogP contribution in [0.15, 0.2) is 21.1 Å². The summed E-state index contributed by atoms with van der Waals surface area (Å²) in [5.41, 5.74) is 10.0. The van der Waals surface area contributed by atoms with Gasteiger partial charge in [0.2, 0.25) is 0 Å². The molecule has 1 heterocycles. The standard InChI is InChI=1S/C16H21BrN2O2/c1-9-5-14(17)7-13(6-10(2)18)16(9)20-8-15-11(3)19-21-12(15)4/h5,7,10H,6,8,18H2,1-4H3. The summed E-state index contributed by atoms with van der Waals surface area (Å²) >= 11 is 3.53. The molecule has 1 aromatic carbocycles. The summed E-state index contributed by atoms with van der Waals surface area (Å²) in [4.78, 5) is 0. The Morgan fingerprint density at radius 2 is 2.05 bits per heavy atom. The maximum atomic E-state index is 6.05. The summed E-state index contributed by atoms with van der Waals surface area (Å²) in [7, 11) is 0. The molecule has 2 N–H and O–H groups in total. The van der Waals surface area contributed by atoms with Crippen molar-refractivity contribution in [1.82, 2.24) is 5.16 Å². The van der Waals surface area contributed by atoms with Crippen molar-refractivity contribution in [2.75, 3.05) is 0 Å². The van der Waals surface area contributed by atoms with E-state index in [2.05, 4.69) is 27.2 Å². The van der Waals surface area contributed by atoms with Crippen LogP contribution in [0.1, 0.15) is 35.1 Å². The van der Waals surface area contributed by atoms with Crippen LogP contribution in [-0.4, -0.2) is 11.2 Å². The number of aryl methyl sites for hydroxylation is 3. The minimum absolute atomic E-state index is 0.0834. The van der Waals surface area contributed by atoms with Gasteiger partial charge in [0.05, 0.1) is 11.3 Å². The van der Waals surface area contributed by atoms with Crippen LogP contribution in [0.2, 0.25) is 0 Å². The largest absolute Gasteiger partial charge is 0.488 e. The van der Waals surface area contributed by atoms with Gasteiger partial charge in [-0.2, -0.15) is 0 Å². The molecule has 0 aliphatic heterocycles. The zero-order chi connectivity index (χ0) is 15.6. The Morgan fingerprint density at radius 3 is 2.62 bits per heavy atom. The smallest absolute Gasteiger partial charge is 0.140 e. The number of rotatable bonds is 5. The lowest BCUT2D eigenvalue weighted by Crippen LogP contribution is -2.18. The molecular weight excluding hydrogens is 332 g/mol. The van der Waals surface area contributed by atoms with Crippen LogP contribution in [0.25, 0.3) is 0 Å². The van der Waals surface area contributed by atoms with E-state index in [1.54, 1.807) is 0 Å². The van der Waals surface area contributed by atoms with Gasteiger partial charge in [0.25, 0.3) is 0 Å². The Bertz CT molecular complexity index is 616. The van der Waals surface area contributed by atoms with Crippen LogP contribution in [0.4, 0.5) is 0 Å². The molecule has 0 spiro atoms. The number of nitrogens with zero attached hydrogens (tertiary/aromatic N) is 1. The number of ether oxygens (including phenoxy) is 1. The van der Waals surface area contributed by atoms with Gasteiger partial charge < -0.3 is 15.0 Å². The van der Waals surface area contributed by atoms with Gasteiger partial charge >= 0.3 is 0 Å². The molecule has 1 unspecified atom stereocenters. The fourth-order valence-corrected chi connectivity index (χ4v) is 2.98. The van der Waals surface area contributed by atoms with Gasteiger partial charge in [-0.25, -0.2) is 0 Å². The maximum absolute atomic E-state index is 6.05. The van der Waals surface area contributed by atoms with Crippen molar-refractivity contribution in [2.45, 2.75) is 46.8 Å². The van der Waals surface area contributed by atoms with Crippen molar-refractivity contribution < 1.29 is 9.26 Å². The van der Waals surface area contributed by atoms with Gasteiger partial charge in [-0.1, -0.05) is 21.1 Å². The Labute approximate surface area is 133 Å². The minimum atomic E-state index is 0.0834. The lowest BCUT2D eigenvalue weighted by Gasteiger charge is -2.16.